The fourth-order valence-corrected chi connectivity index (χ4v) is 2.79. The summed E-state index contributed by atoms with van der Waals surface area (Å²) in [5.41, 5.74) is -0.989. The van der Waals surface area contributed by atoms with Gasteiger partial charge in [0.1, 0.15) is 0 Å². The lowest BCUT2D eigenvalue weighted by molar-refractivity contribution is -0.0119. The molecule has 0 bridgehead atoms. The molecule has 6 nitrogen and oxygen atoms in total. The molecule has 0 fully saturated rings. The van der Waals surface area contributed by atoms with Crippen molar-refractivity contribution in [2.45, 2.75) is 24.3 Å². The molecule has 0 radical (unpaired) electrons. The van der Waals surface area contributed by atoms with E-state index in [0.29, 0.717) is 5.56 Å². The Hall–Kier alpha value is -1.28. The highest BCUT2D eigenvalue weighted by Gasteiger charge is 2.24. The van der Waals surface area contributed by atoms with Crippen LogP contribution in [0.1, 0.15) is 24.2 Å². The molecule has 112 valence electrons. The number of sulfonamides is 1. The highest BCUT2D eigenvalue weighted by molar-refractivity contribution is 7.89. The van der Waals surface area contributed by atoms with Gasteiger partial charge in [0.2, 0.25) is 10.0 Å². The van der Waals surface area contributed by atoms with Crippen molar-refractivity contribution in [3.63, 3.8) is 0 Å². The van der Waals surface area contributed by atoms with Gasteiger partial charge in [-0.25, -0.2) is 13.1 Å². The van der Waals surface area contributed by atoms with Crippen molar-refractivity contribution in [3.05, 3.63) is 29.8 Å². The number of Topliss-reactive ketones (excluding diaryl/α,β-unsaturated/α-hetero) is 1. The topological polar surface area (TPSA) is 92.7 Å². The summed E-state index contributed by atoms with van der Waals surface area (Å²) in [6, 6.07) is 5.73. The van der Waals surface area contributed by atoms with E-state index in [-0.39, 0.29) is 23.8 Å². The molecule has 0 spiro atoms. The van der Waals surface area contributed by atoms with Gasteiger partial charge in [-0.3, -0.25) is 4.79 Å². The molecule has 7 heteroatoms. The van der Waals surface area contributed by atoms with E-state index in [9.17, 15) is 18.3 Å². The number of aliphatic hydroxyl groups is 1. The number of ketones is 1. The molecular formula is C13H19NO5S. The molecule has 0 aliphatic carbocycles. The van der Waals surface area contributed by atoms with Crippen LogP contribution in [-0.2, 0) is 14.8 Å². The minimum absolute atomic E-state index is 0.00298. The maximum Gasteiger partial charge on any atom is 0.240 e. The molecule has 0 amide bonds. The minimum atomic E-state index is -3.79. The second-order valence-corrected chi connectivity index (χ2v) is 6.61. The lowest BCUT2D eigenvalue weighted by Crippen LogP contribution is -2.43. The number of rotatable bonds is 7. The molecule has 1 aromatic rings. The maximum atomic E-state index is 12.1. The summed E-state index contributed by atoms with van der Waals surface area (Å²) in [6.07, 6.45) is 0. The second kappa shape index (κ2) is 6.45. The Kier molecular flexibility index (Phi) is 5.41. The van der Waals surface area contributed by atoms with E-state index in [1.807, 2.05) is 0 Å². The largest absolute Gasteiger partial charge is 0.386 e. The zero-order chi connectivity index (χ0) is 15.4. The van der Waals surface area contributed by atoms with Gasteiger partial charge in [0.25, 0.3) is 0 Å². The molecular weight excluding hydrogens is 282 g/mol. The lowest BCUT2D eigenvalue weighted by Gasteiger charge is -2.22. The SMILES string of the molecule is COCC(C)(O)CNS(=O)(=O)c1cccc(C(C)=O)c1. The van der Waals surface area contributed by atoms with Gasteiger partial charge in [0.15, 0.2) is 5.78 Å². The van der Waals surface area contributed by atoms with Crippen LogP contribution in [0, 0.1) is 0 Å². The fourth-order valence-electron chi connectivity index (χ4n) is 1.58. The fraction of sp³-hybridized carbons (Fsp3) is 0.462. The minimum Gasteiger partial charge on any atom is -0.386 e. The van der Waals surface area contributed by atoms with Crippen LogP contribution in [0.5, 0.6) is 0 Å². The van der Waals surface area contributed by atoms with E-state index < -0.39 is 15.6 Å². The highest BCUT2D eigenvalue weighted by Crippen LogP contribution is 2.13. The predicted molar refractivity (Wildman–Crippen MR) is 74.1 cm³/mol. The molecule has 2 N–H and O–H groups in total. The molecule has 1 aromatic carbocycles. The number of hydrogen-bond donors (Lipinski definition) is 2. The summed E-state index contributed by atoms with van der Waals surface area (Å²) < 4.78 is 31.3. The van der Waals surface area contributed by atoms with Crippen LogP contribution in [0.3, 0.4) is 0 Å². The van der Waals surface area contributed by atoms with Gasteiger partial charge in [0, 0.05) is 19.2 Å². The van der Waals surface area contributed by atoms with Crippen molar-refractivity contribution in [1.29, 1.82) is 0 Å². The van der Waals surface area contributed by atoms with Crippen molar-refractivity contribution in [2.75, 3.05) is 20.3 Å². The Bertz CT molecular complexity index is 580. The van der Waals surface area contributed by atoms with E-state index in [1.165, 1.54) is 39.2 Å². The molecule has 1 rings (SSSR count). The number of methoxy groups -OCH3 is 1. The average molecular weight is 301 g/mol. The molecule has 1 unspecified atom stereocenters. The first-order valence-electron chi connectivity index (χ1n) is 6.00. The van der Waals surface area contributed by atoms with Crippen molar-refractivity contribution >= 4 is 15.8 Å². The molecule has 0 aliphatic rings. The van der Waals surface area contributed by atoms with Gasteiger partial charge in [-0.1, -0.05) is 12.1 Å². The summed E-state index contributed by atoms with van der Waals surface area (Å²) in [5, 5.41) is 9.86. The van der Waals surface area contributed by atoms with E-state index in [4.69, 9.17) is 4.74 Å². The number of ether oxygens (including phenoxy) is 1. The van der Waals surface area contributed by atoms with Gasteiger partial charge in [-0.2, -0.15) is 0 Å². The smallest absolute Gasteiger partial charge is 0.240 e. The summed E-state index contributed by atoms with van der Waals surface area (Å²) >= 11 is 0. The maximum absolute atomic E-state index is 12.1. The standard InChI is InChI=1S/C13H19NO5S/c1-10(15)11-5-4-6-12(7-11)20(17,18)14-8-13(2,16)9-19-3/h4-7,14,16H,8-9H2,1-3H3. The van der Waals surface area contributed by atoms with Crippen LogP contribution in [0.2, 0.25) is 0 Å². The molecule has 0 saturated heterocycles. The Morgan fingerprint density at radius 2 is 2.10 bits per heavy atom. The molecule has 0 aliphatic heterocycles. The van der Waals surface area contributed by atoms with E-state index in [0.717, 1.165) is 0 Å². The first-order valence-corrected chi connectivity index (χ1v) is 7.48. The number of carbonyl (C=O) groups is 1. The van der Waals surface area contributed by atoms with Crippen LogP contribution in [0.15, 0.2) is 29.2 Å². The van der Waals surface area contributed by atoms with Gasteiger partial charge in [-0.15, -0.1) is 0 Å². The highest BCUT2D eigenvalue weighted by atomic mass is 32.2. The lowest BCUT2D eigenvalue weighted by atomic mass is 10.1. The normalized spacial score (nSPS) is 14.8. The van der Waals surface area contributed by atoms with Gasteiger partial charge in [0.05, 0.1) is 17.1 Å². The summed E-state index contributed by atoms with van der Waals surface area (Å²) in [5.74, 6) is -0.214. The molecule has 1 atom stereocenters. The third-order valence-corrected chi connectivity index (χ3v) is 4.05. The Morgan fingerprint density at radius 1 is 1.45 bits per heavy atom. The first kappa shape index (κ1) is 16.8. The van der Waals surface area contributed by atoms with E-state index >= 15 is 0 Å². The van der Waals surface area contributed by atoms with Crippen molar-refractivity contribution in [2.24, 2.45) is 0 Å². The quantitative estimate of drug-likeness (QED) is 0.718. The third kappa shape index (κ3) is 4.68. The van der Waals surface area contributed by atoms with Crippen molar-refractivity contribution in [3.8, 4) is 0 Å². The predicted octanol–water partition coefficient (Wildman–Crippen LogP) is 0.565. The third-order valence-electron chi connectivity index (χ3n) is 2.65. The Balaban J connectivity index is 2.89. The Morgan fingerprint density at radius 3 is 2.65 bits per heavy atom. The van der Waals surface area contributed by atoms with Gasteiger partial charge >= 0.3 is 0 Å². The number of hydrogen-bond acceptors (Lipinski definition) is 5. The van der Waals surface area contributed by atoms with E-state index in [2.05, 4.69) is 4.72 Å². The second-order valence-electron chi connectivity index (χ2n) is 4.84. The van der Waals surface area contributed by atoms with E-state index in [1.54, 1.807) is 6.07 Å². The number of carbonyl (C=O) groups excluding carboxylic acids is 1. The van der Waals surface area contributed by atoms with Crippen LogP contribution in [-0.4, -0.2) is 45.2 Å². The van der Waals surface area contributed by atoms with Gasteiger partial charge < -0.3 is 9.84 Å². The van der Waals surface area contributed by atoms with Crippen molar-refractivity contribution in [1.82, 2.24) is 4.72 Å². The van der Waals surface area contributed by atoms with Gasteiger partial charge in [-0.05, 0) is 26.0 Å². The molecule has 0 aromatic heterocycles. The first-order chi connectivity index (χ1) is 9.18. The number of nitrogens with one attached hydrogen (secondary N) is 1. The Labute approximate surface area is 118 Å². The molecule has 20 heavy (non-hydrogen) atoms. The summed E-state index contributed by atoms with van der Waals surface area (Å²) in [7, 11) is -2.37. The van der Waals surface area contributed by atoms with Crippen LogP contribution < -0.4 is 4.72 Å². The summed E-state index contributed by atoms with van der Waals surface area (Å²) in [4.78, 5) is 11.2. The zero-order valence-corrected chi connectivity index (χ0v) is 12.5. The van der Waals surface area contributed by atoms with Crippen molar-refractivity contribution < 1.29 is 23.1 Å². The summed E-state index contributed by atoms with van der Waals surface area (Å²) in [6.45, 7) is 2.64. The molecule has 0 saturated carbocycles. The number of benzene rings is 1. The van der Waals surface area contributed by atoms with Crippen LogP contribution >= 0.6 is 0 Å². The zero-order valence-electron chi connectivity index (χ0n) is 11.7. The monoisotopic (exact) mass is 301 g/mol. The van der Waals surface area contributed by atoms with Crippen LogP contribution in [0.25, 0.3) is 0 Å². The van der Waals surface area contributed by atoms with Crippen LogP contribution in [0.4, 0.5) is 0 Å². The molecule has 0 heterocycles. The average Bonchev–Trinajstić information content (AvgIpc) is 2.37.